The number of nitrogens with two attached hydrogens (primary N) is 1. The van der Waals surface area contributed by atoms with E-state index in [-0.39, 0.29) is 11.5 Å². The molecule has 0 aliphatic heterocycles. The molecule has 3 rings (SSSR count). The van der Waals surface area contributed by atoms with E-state index in [0.717, 1.165) is 16.5 Å². The van der Waals surface area contributed by atoms with Crippen LogP contribution in [0.15, 0.2) is 30.5 Å². The number of nitrogens with zero attached hydrogens (tertiary/aromatic N) is 1. The SMILES string of the molecule is Nc1n[nH]c(C(=O)O)c1-c1c[nH]c2ccccc12. The van der Waals surface area contributed by atoms with Crippen LogP contribution in [-0.4, -0.2) is 26.3 Å². The van der Waals surface area contributed by atoms with Gasteiger partial charge in [0, 0.05) is 22.7 Å². The number of rotatable bonds is 2. The smallest absolute Gasteiger partial charge is 0.354 e. The Labute approximate surface area is 101 Å². The van der Waals surface area contributed by atoms with Crippen molar-refractivity contribution < 1.29 is 9.90 Å². The number of fused-ring (bicyclic) bond motifs is 1. The summed E-state index contributed by atoms with van der Waals surface area (Å²) in [6, 6.07) is 7.60. The number of nitrogen functional groups attached to an aromatic ring is 1. The lowest BCUT2D eigenvalue weighted by Gasteiger charge is -1.99. The van der Waals surface area contributed by atoms with E-state index in [1.807, 2.05) is 24.3 Å². The topological polar surface area (TPSA) is 108 Å². The monoisotopic (exact) mass is 242 g/mol. The lowest BCUT2D eigenvalue weighted by atomic mass is 10.0. The summed E-state index contributed by atoms with van der Waals surface area (Å²) in [4.78, 5) is 14.2. The summed E-state index contributed by atoms with van der Waals surface area (Å²) in [5, 5.41) is 16.2. The standard InChI is InChI=1S/C12H10N4O2/c13-11-9(10(12(17)18)15-16-11)7-5-14-8-4-2-1-3-6(7)8/h1-5,14H,(H,17,18)(H3,13,15,16). The summed E-state index contributed by atoms with van der Waals surface area (Å²) >= 11 is 0. The first kappa shape index (κ1) is 10.4. The van der Waals surface area contributed by atoms with Gasteiger partial charge in [-0.2, -0.15) is 5.10 Å². The van der Waals surface area contributed by atoms with Crippen LogP contribution in [0.4, 0.5) is 5.82 Å². The van der Waals surface area contributed by atoms with Crippen molar-refractivity contribution in [3.63, 3.8) is 0 Å². The number of H-pyrrole nitrogens is 2. The fourth-order valence-electron chi connectivity index (χ4n) is 2.06. The molecule has 0 saturated carbocycles. The number of carbonyl (C=O) groups is 1. The third-order valence-electron chi connectivity index (χ3n) is 2.87. The van der Waals surface area contributed by atoms with Gasteiger partial charge in [0.1, 0.15) is 0 Å². The minimum atomic E-state index is -1.08. The molecule has 0 spiro atoms. The van der Waals surface area contributed by atoms with Gasteiger partial charge in [0.25, 0.3) is 0 Å². The zero-order chi connectivity index (χ0) is 12.7. The van der Waals surface area contributed by atoms with E-state index in [2.05, 4.69) is 15.2 Å². The van der Waals surface area contributed by atoms with E-state index in [0.29, 0.717) is 5.56 Å². The second-order valence-corrected chi connectivity index (χ2v) is 3.91. The fraction of sp³-hybridized carbons (Fsp3) is 0. The highest BCUT2D eigenvalue weighted by atomic mass is 16.4. The van der Waals surface area contributed by atoms with Gasteiger partial charge in [-0.1, -0.05) is 18.2 Å². The Morgan fingerprint density at radius 1 is 1.33 bits per heavy atom. The van der Waals surface area contributed by atoms with E-state index in [4.69, 9.17) is 10.8 Å². The molecule has 5 N–H and O–H groups in total. The number of carboxylic acid groups (broad SMARTS) is 1. The zero-order valence-electron chi connectivity index (χ0n) is 9.27. The number of hydrogen-bond donors (Lipinski definition) is 4. The summed E-state index contributed by atoms with van der Waals surface area (Å²) in [6.07, 6.45) is 1.73. The van der Waals surface area contributed by atoms with Gasteiger partial charge in [-0.15, -0.1) is 0 Å². The molecule has 0 radical (unpaired) electrons. The Bertz CT molecular complexity index is 741. The summed E-state index contributed by atoms with van der Waals surface area (Å²) in [5.74, 6) is -0.906. The molecule has 0 amide bonds. The molecule has 2 heterocycles. The second-order valence-electron chi connectivity index (χ2n) is 3.91. The van der Waals surface area contributed by atoms with Crippen molar-refractivity contribution in [2.45, 2.75) is 0 Å². The Morgan fingerprint density at radius 3 is 2.89 bits per heavy atom. The third-order valence-corrected chi connectivity index (χ3v) is 2.87. The molecule has 6 heteroatoms. The van der Waals surface area contributed by atoms with Crippen molar-refractivity contribution >= 4 is 22.7 Å². The Hall–Kier alpha value is -2.76. The maximum atomic E-state index is 11.1. The van der Waals surface area contributed by atoms with Crippen LogP contribution in [0.2, 0.25) is 0 Å². The van der Waals surface area contributed by atoms with Crippen molar-refractivity contribution in [1.29, 1.82) is 0 Å². The normalized spacial score (nSPS) is 10.9. The van der Waals surface area contributed by atoms with Crippen LogP contribution in [-0.2, 0) is 0 Å². The van der Waals surface area contributed by atoms with Crippen LogP contribution < -0.4 is 5.73 Å². The first-order chi connectivity index (χ1) is 8.68. The number of aromatic amines is 2. The lowest BCUT2D eigenvalue weighted by molar-refractivity contribution is 0.0691. The number of para-hydroxylation sites is 1. The maximum absolute atomic E-state index is 11.1. The molecule has 0 fully saturated rings. The third kappa shape index (κ3) is 1.36. The number of aromatic carboxylic acids is 1. The number of anilines is 1. The van der Waals surface area contributed by atoms with E-state index >= 15 is 0 Å². The number of carboxylic acids is 1. The van der Waals surface area contributed by atoms with E-state index in [1.165, 1.54) is 0 Å². The molecule has 2 aromatic heterocycles. The minimum Gasteiger partial charge on any atom is -0.477 e. The van der Waals surface area contributed by atoms with Crippen molar-refractivity contribution in [3.8, 4) is 11.1 Å². The van der Waals surface area contributed by atoms with Crippen LogP contribution in [0.25, 0.3) is 22.0 Å². The predicted octanol–water partition coefficient (Wildman–Crippen LogP) is 1.84. The molecule has 0 atom stereocenters. The molecular weight excluding hydrogens is 232 g/mol. The highest BCUT2D eigenvalue weighted by Gasteiger charge is 2.20. The number of aromatic nitrogens is 3. The fourth-order valence-corrected chi connectivity index (χ4v) is 2.06. The lowest BCUT2D eigenvalue weighted by Crippen LogP contribution is -1.99. The molecule has 0 unspecified atom stereocenters. The van der Waals surface area contributed by atoms with Gasteiger partial charge in [-0.05, 0) is 6.07 Å². The largest absolute Gasteiger partial charge is 0.477 e. The van der Waals surface area contributed by atoms with Crippen LogP contribution in [0.5, 0.6) is 0 Å². The summed E-state index contributed by atoms with van der Waals surface area (Å²) < 4.78 is 0. The van der Waals surface area contributed by atoms with E-state index < -0.39 is 5.97 Å². The first-order valence-electron chi connectivity index (χ1n) is 5.32. The quantitative estimate of drug-likeness (QED) is 0.549. The number of hydrogen-bond acceptors (Lipinski definition) is 3. The minimum absolute atomic E-state index is 0.00254. The predicted molar refractivity (Wildman–Crippen MR) is 67.3 cm³/mol. The van der Waals surface area contributed by atoms with Crippen molar-refractivity contribution in [2.75, 3.05) is 5.73 Å². The van der Waals surface area contributed by atoms with Gasteiger partial charge < -0.3 is 15.8 Å². The van der Waals surface area contributed by atoms with Crippen LogP contribution in [0, 0.1) is 0 Å². The van der Waals surface area contributed by atoms with Crippen LogP contribution in [0.1, 0.15) is 10.5 Å². The number of benzene rings is 1. The Morgan fingerprint density at radius 2 is 2.11 bits per heavy atom. The summed E-state index contributed by atoms with van der Waals surface area (Å²) in [6.45, 7) is 0. The van der Waals surface area contributed by atoms with Gasteiger partial charge in [0.2, 0.25) is 0 Å². The highest BCUT2D eigenvalue weighted by Crippen LogP contribution is 2.33. The van der Waals surface area contributed by atoms with Crippen LogP contribution in [0.3, 0.4) is 0 Å². The van der Waals surface area contributed by atoms with Gasteiger partial charge in [-0.25, -0.2) is 4.79 Å². The van der Waals surface area contributed by atoms with Gasteiger partial charge in [0.15, 0.2) is 11.5 Å². The molecule has 0 aliphatic carbocycles. The number of nitrogens with one attached hydrogen (secondary N) is 2. The summed E-state index contributed by atoms with van der Waals surface area (Å²) in [5.41, 5.74) is 7.81. The van der Waals surface area contributed by atoms with Crippen molar-refractivity contribution in [2.24, 2.45) is 0 Å². The van der Waals surface area contributed by atoms with Gasteiger partial charge in [-0.3, -0.25) is 5.10 Å². The van der Waals surface area contributed by atoms with Gasteiger partial charge in [0.05, 0.1) is 5.56 Å². The summed E-state index contributed by atoms with van der Waals surface area (Å²) in [7, 11) is 0. The second kappa shape index (κ2) is 3.63. The molecule has 3 aromatic rings. The molecule has 1 aromatic carbocycles. The van der Waals surface area contributed by atoms with E-state index in [9.17, 15) is 4.79 Å². The average Bonchev–Trinajstić information content (AvgIpc) is 2.92. The molecule has 0 bridgehead atoms. The van der Waals surface area contributed by atoms with Crippen molar-refractivity contribution in [3.05, 3.63) is 36.2 Å². The molecule has 0 aliphatic rings. The first-order valence-corrected chi connectivity index (χ1v) is 5.32. The average molecular weight is 242 g/mol. The molecule has 6 nitrogen and oxygen atoms in total. The van der Waals surface area contributed by atoms with Crippen LogP contribution >= 0.6 is 0 Å². The molecular formula is C12H10N4O2. The molecule has 90 valence electrons. The Kier molecular flexibility index (Phi) is 2.09. The molecule has 18 heavy (non-hydrogen) atoms. The van der Waals surface area contributed by atoms with E-state index in [1.54, 1.807) is 6.20 Å². The highest BCUT2D eigenvalue weighted by molar-refractivity contribution is 6.04. The zero-order valence-corrected chi connectivity index (χ0v) is 9.27. The van der Waals surface area contributed by atoms with Gasteiger partial charge >= 0.3 is 5.97 Å². The Balaban J connectivity index is 2.33. The molecule has 0 saturated heterocycles. The maximum Gasteiger partial charge on any atom is 0.354 e. The van der Waals surface area contributed by atoms with Crippen molar-refractivity contribution in [1.82, 2.24) is 15.2 Å².